The summed E-state index contributed by atoms with van der Waals surface area (Å²) < 4.78 is 4.98. The molecule has 3 N–H and O–H groups in total. The molecule has 2 aliphatic heterocycles. The van der Waals surface area contributed by atoms with Crippen LogP contribution in [-0.4, -0.2) is 44.1 Å². The van der Waals surface area contributed by atoms with Gasteiger partial charge in [-0.2, -0.15) is 0 Å². The molecule has 0 aromatic carbocycles. The summed E-state index contributed by atoms with van der Waals surface area (Å²) in [6.45, 7) is 10.6. The van der Waals surface area contributed by atoms with Crippen molar-refractivity contribution in [1.82, 2.24) is 19.9 Å². The number of hydrogen-bond donors (Lipinski definition) is 3. The summed E-state index contributed by atoms with van der Waals surface area (Å²) in [7, 11) is 1.43. The summed E-state index contributed by atoms with van der Waals surface area (Å²) in [5, 5.41) is 9.42. The zero-order valence-electron chi connectivity index (χ0n) is 25.6. The first-order valence-electron chi connectivity index (χ1n) is 15.0. The summed E-state index contributed by atoms with van der Waals surface area (Å²) in [5.74, 6) is -1.09. The van der Waals surface area contributed by atoms with Gasteiger partial charge < -0.3 is 19.8 Å². The number of hydrogen-bond acceptors (Lipinski definition) is 5. The predicted octanol–water partition coefficient (Wildman–Crippen LogP) is 7.31. The lowest BCUT2D eigenvalue weighted by molar-refractivity contribution is -0.140. The fourth-order valence-corrected chi connectivity index (χ4v) is 7.01. The normalized spacial score (nSPS) is 17.7. The molecule has 3 aliphatic rings. The topological polar surface area (TPSA) is 121 Å². The number of methoxy groups -OCH3 is 1. The Morgan fingerprint density at radius 1 is 1.02 bits per heavy atom. The quantitative estimate of drug-likeness (QED) is 0.208. The van der Waals surface area contributed by atoms with Crippen molar-refractivity contribution in [1.29, 1.82) is 0 Å². The molecule has 5 heterocycles. The molecule has 0 amide bonds. The smallest absolute Gasteiger partial charge is 0.328 e. The highest BCUT2D eigenvalue weighted by atomic mass is 16.5. The standard InChI is InChI=1S/C35H38N4O4/c1-7-21-17(2)27-15-31-22(10-12-32(40)41)18(3)26(37-31)14-28-20(5)24(11-13-33(42)43-6)35(38-28)25-9-8-23-19(4)29(39-34(23)25)16-30(21)36-27/h10,12,14-16,20,24,36-37H,7-9,11,13H2,1-6H3,(H,40,41)/b12-10-,26-14?,27-15?,28-14?,29-16?,30-16?,31-15?,35-25?/t20-,24?/m0/s1. The van der Waals surface area contributed by atoms with E-state index in [1.54, 1.807) is 6.08 Å². The number of carboxylic acids is 1. The van der Waals surface area contributed by atoms with Gasteiger partial charge in [0.1, 0.15) is 0 Å². The van der Waals surface area contributed by atoms with E-state index < -0.39 is 5.97 Å². The van der Waals surface area contributed by atoms with Crippen molar-refractivity contribution in [2.75, 3.05) is 7.11 Å². The zero-order valence-corrected chi connectivity index (χ0v) is 25.6. The second-order valence-corrected chi connectivity index (χ2v) is 11.9. The average Bonchev–Trinajstić information content (AvgIpc) is 3.74. The van der Waals surface area contributed by atoms with E-state index in [-0.39, 0.29) is 17.8 Å². The predicted molar refractivity (Wildman–Crippen MR) is 170 cm³/mol. The molecule has 8 heteroatoms. The number of carbonyl (C=O) groups excluding carboxylic acids is 1. The number of nitrogens with one attached hydrogen (secondary N) is 2. The van der Waals surface area contributed by atoms with Crippen molar-refractivity contribution in [3.63, 3.8) is 0 Å². The van der Waals surface area contributed by atoms with E-state index in [0.717, 1.165) is 80.8 Å². The Hall–Kier alpha value is -4.46. The van der Waals surface area contributed by atoms with E-state index in [2.05, 4.69) is 55.9 Å². The summed E-state index contributed by atoms with van der Waals surface area (Å²) in [4.78, 5) is 41.4. The minimum absolute atomic E-state index is 0.0546. The Morgan fingerprint density at radius 3 is 2.49 bits per heavy atom. The Morgan fingerprint density at radius 2 is 1.77 bits per heavy atom. The van der Waals surface area contributed by atoms with E-state index in [4.69, 9.17) is 14.7 Å². The second-order valence-electron chi connectivity index (χ2n) is 11.9. The molecule has 2 atom stereocenters. The number of aromatic nitrogens is 4. The van der Waals surface area contributed by atoms with Gasteiger partial charge in [-0.1, -0.05) is 13.8 Å². The van der Waals surface area contributed by atoms with Crippen LogP contribution in [0, 0.1) is 13.8 Å². The molecule has 222 valence electrons. The number of carboxylic acid groups (broad SMARTS) is 1. The number of esters is 1. The Bertz CT molecular complexity index is 1910. The Balaban J connectivity index is 1.72. The van der Waals surface area contributed by atoms with Crippen molar-refractivity contribution in [2.45, 2.75) is 78.6 Å². The van der Waals surface area contributed by atoms with Gasteiger partial charge >= 0.3 is 11.9 Å². The largest absolute Gasteiger partial charge is 0.478 e. The molecule has 0 saturated heterocycles. The molecule has 0 spiro atoms. The monoisotopic (exact) mass is 578 g/mol. The molecule has 0 fully saturated rings. The number of ether oxygens (including phenoxy) is 1. The van der Waals surface area contributed by atoms with Gasteiger partial charge in [0.2, 0.25) is 0 Å². The van der Waals surface area contributed by atoms with Crippen LogP contribution in [0.3, 0.4) is 0 Å². The van der Waals surface area contributed by atoms with Crippen LogP contribution in [0.5, 0.6) is 0 Å². The number of aliphatic carboxylic acids is 1. The lowest BCUT2D eigenvalue weighted by atomic mass is 9.85. The van der Waals surface area contributed by atoms with Gasteiger partial charge in [-0.05, 0) is 98.6 Å². The zero-order chi connectivity index (χ0) is 30.6. The van der Waals surface area contributed by atoms with Crippen molar-refractivity contribution in [3.8, 4) is 0 Å². The van der Waals surface area contributed by atoms with E-state index in [1.165, 1.54) is 35.5 Å². The summed E-state index contributed by atoms with van der Waals surface area (Å²) >= 11 is 0. The van der Waals surface area contributed by atoms with Gasteiger partial charge in [-0.25, -0.2) is 9.78 Å². The number of H-pyrrole nitrogens is 2. The lowest BCUT2D eigenvalue weighted by Gasteiger charge is -2.16. The first-order chi connectivity index (χ1) is 20.6. The molecule has 1 aliphatic carbocycles. The van der Waals surface area contributed by atoms with Crippen molar-refractivity contribution >= 4 is 51.2 Å². The van der Waals surface area contributed by atoms with Gasteiger partial charge in [0.25, 0.3) is 0 Å². The first-order valence-corrected chi connectivity index (χ1v) is 15.0. The molecule has 3 aromatic heterocycles. The molecule has 3 aromatic rings. The van der Waals surface area contributed by atoms with Crippen LogP contribution in [0.15, 0.2) is 24.3 Å². The molecular weight excluding hydrogens is 540 g/mol. The van der Waals surface area contributed by atoms with Crippen molar-refractivity contribution in [2.24, 2.45) is 0 Å². The second kappa shape index (κ2) is 11.0. The van der Waals surface area contributed by atoms with E-state index in [9.17, 15) is 14.7 Å². The van der Waals surface area contributed by atoms with Crippen LogP contribution in [0.1, 0.15) is 102 Å². The minimum atomic E-state index is -0.997. The summed E-state index contributed by atoms with van der Waals surface area (Å²) in [6, 6.07) is 6.32. The molecule has 8 nitrogen and oxygen atoms in total. The lowest BCUT2D eigenvalue weighted by Crippen LogP contribution is -2.09. The number of nitrogens with zero attached hydrogens (tertiary/aromatic N) is 2. The van der Waals surface area contributed by atoms with E-state index in [1.807, 2.05) is 6.92 Å². The fraction of sp³-hybridized carbons (Fsp3) is 0.371. The maximum atomic E-state index is 12.2. The van der Waals surface area contributed by atoms with Gasteiger partial charge in [0.05, 0.1) is 18.5 Å². The van der Waals surface area contributed by atoms with Crippen molar-refractivity contribution in [3.05, 3.63) is 74.9 Å². The summed E-state index contributed by atoms with van der Waals surface area (Å²) in [5.41, 5.74) is 15.5. The van der Waals surface area contributed by atoms with Crippen molar-refractivity contribution < 1.29 is 19.4 Å². The van der Waals surface area contributed by atoms with Gasteiger partial charge in [-0.3, -0.25) is 9.78 Å². The Kier molecular flexibility index (Phi) is 7.32. The highest BCUT2D eigenvalue weighted by molar-refractivity contribution is 5.95. The SMILES string of the molecule is CCc1c(C)c2cc3[nH]c(cc4nc(c5c6nc(cc1[nH]2)C(C)=C6CC5)C(CCC(=O)OC)[C@@H]4C)c(C)c3/C=C\C(=O)O. The molecule has 6 rings (SSSR count). The van der Waals surface area contributed by atoms with Crippen LogP contribution in [0.4, 0.5) is 0 Å². The third-order valence-electron chi connectivity index (χ3n) is 9.56. The van der Waals surface area contributed by atoms with Crippen LogP contribution in [-0.2, 0) is 27.2 Å². The third-order valence-corrected chi connectivity index (χ3v) is 9.56. The van der Waals surface area contributed by atoms with Gasteiger partial charge in [0, 0.05) is 68.9 Å². The number of fused-ring (bicyclic) bond motifs is 8. The maximum absolute atomic E-state index is 12.2. The number of rotatable bonds is 6. The molecule has 0 radical (unpaired) electrons. The summed E-state index contributed by atoms with van der Waals surface area (Å²) in [6.07, 6.45) is 6.46. The van der Waals surface area contributed by atoms with Crippen LogP contribution < -0.4 is 0 Å². The van der Waals surface area contributed by atoms with Crippen LogP contribution in [0.25, 0.3) is 39.3 Å². The maximum Gasteiger partial charge on any atom is 0.328 e. The fourth-order valence-electron chi connectivity index (χ4n) is 7.01. The molecule has 0 saturated carbocycles. The van der Waals surface area contributed by atoms with Crippen LogP contribution >= 0.6 is 0 Å². The van der Waals surface area contributed by atoms with Crippen LogP contribution in [0.2, 0.25) is 0 Å². The molecule has 8 bridgehead atoms. The average molecular weight is 579 g/mol. The Labute approximate surface area is 251 Å². The highest BCUT2D eigenvalue weighted by Gasteiger charge is 2.35. The number of carbonyl (C=O) groups is 2. The highest BCUT2D eigenvalue weighted by Crippen LogP contribution is 2.47. The third kappa shape index (κ3) is 4.88. The molecule has 43 heavy (non-hydrogen) atoms. The molecule has 1 unspecified atom stereocenters. The number of aryl methyl sites for hydroxylation is 3. The minimum Gasteiger partial charge on any atom is -0.478 e. The van der Waals surface area contributed by atoms with E-state index in [0.29, 0.717) is 12.8 Å². The van der Waals surface area contributed by atoms with Gasteiger partial charge in [-0.15, -0.1) is 0 Å². The number of aromatic amines is 2. The van der Waals surface area contributed by atoms with Gasteiger partial charge in [0.15, 0.2) is 0 Å². The van der Waals surface area contributed by atoms with E-state index >= 15 is 0 Å². The molecular formula is C35H38N4O4. The first kappa shape index (κ1) is 28.6. The number of allylic oxidation sites excluding steroid dienone is 2.